The van der Waals surface area contributed by atoms with Crippen LogP contribution >= 0.6 is 10.8 Å². The Morgan fingerprint density at radius 2 is 1.57 bits per heavy atom. The Morgan fingerprint density at radius 3 is 2.10 bits per heavy atom. The van der Waals surface area contributed by atoms with Crippen LogP contribution in [0.3, 0.4) is 0 Å². The van der Waals surface area contributed by atoms with E-state index < -0.39 is 14.8 Å². The van der Waals surface area contributed by atoms with Crippen LogP contribution in [0.4, 0.5) is 0 Å². The molecular weight excluding hydrogens is 308 g/mol. The molecule has 6 heteroatoms. The molecule has 4 nitrogen and oxygen atoms in total. The summed E-state index contributed by atoms with van der Waals surface area (Å²) in [5.74, 6) is -0.495. The van der Waals surface area contributed by atoms with Crippen molar-refractivity contribution in [3.05, 3.63) is 59.7 Å². The molecule has 110 valence electrons. The zero-order valence-electron chi connectivity index (χ0n) is 11.6. The average Bonchev–Trinajstić information content (AvgIpc) is 2.49. The zero-order valence-corrected chi connectivity index (χ0v) is 13.2. The maximum absolute atomic E-state index is 12.3. The van der Waals surface area contributed by atoms with Crippen molar-refractivity contribution < 1.29 is 17.9 Å². The number of ether oxygens (including phenoxy) is 1. The number of esters is 1. The minimum absolute atomic E-state index is 0.153. The molecule has 0 unspecified atom stereocenters. The van der Waals surface area contributed by atoms with Crippen molar-refractivity contribution in [2.24, 2.45) is 0 Å². The molecule has 0 amide bonds. The summed E-state index contributed by atoms with van der Waals surface area (Å²) in [6.07, 6.45) is 0. The summed E-state index contributed by atoms with van der Waals surface area (Å²) in [7, 11) is -1.45. The molecule has 0 heterocycles. The van der Waals surface area contributed by atoms with Gasteiger partial charge in [-0.25, -0.2) is 13.2 Å². The Kier molecular flexibility index (Phi) is 4.69. The van der Waals surface area contributed by atoms with E-state index in [4.69, 9.17) is 0 Å². The molecule has 0 radical (unpaired) electrons. The van der Waals surface area contributed by atoms with Gasteiger partial charge in [0.25, 0.3) is 0 Å². The van der Waals surface area contributed by atoms with Crippen molar-refractivity contribution in [1.82, 2.24) is 0 Å². The topological polar surface area (TPSA) is 60.4 Å². The molecule has 0 atom stereocenters. The van der Waals surface area contributed by atoms with Crippen molar-refractivity contribution >= 4 is 25.6 Å². The number of carbonyl (C=O) groups excluding carboxylic acids is 1. The summed E-state index contributed by atoms with van der Waals surface area (Å²) in [5, 5.41) is 0. The Labute approximate surface area is 127 Å². The second-order valence-corrected chi connectivity index (χ2v) is 8.20. The van der Waals surface area contributed by atoms with E-state index in [1.807, 2.05) is 19.1 Å². The van der Waals surface area contributed by atoms with E-state index in [0.717, 1.165) is 16.4 Å². The van der Waals surface area contributed by atoms with Gasteiger partial charge >= 0.3 is 5.97 Å². The van der Waals surface area contributed by atoms with Gasteiger partial charge in [-0.2, -0.15) is 0 Å². The lowest BCUT2D eigenvalue weighted by atomic mass is 10.2. The van der Waals surface area contributed by atoms with Crippen LogP contribution in [0.5, 0.6) is 0 Å². The minimum atomic E-state index is -3.51. The number of hydrogen-bond acceptors (Lipinski definition) is 5. The Balaban J connectivity index is 2.23. The van der Waals surface area contributed by atoms with Crippen LogP contribution in [0.15, 0.2) is 58.3 Å². The van der Waals surface area contributed by atoms with Gasteiger partial charge in [-0.3, -0.25) is 0 Å². The summed E-state index contributed by atoms with van der Waals surface area (Å²) in [6, 6.07) is 12.9. The van der Waals surface area contributed by atoms with Gasteiger partial charge in [0.05, 0.1) is 17.6 Å². The number of methoxy groups -OCH3 is 1. The van der Waals surface area contributed by atoms with Crippen molar-refractivity contribution in [3.63, 3.8) is 0 Å². The summed E-state index contributed by atoms with van der Waals surface area (Å²) in [5.41, 5.74) is 1.39. The van der Waals surface area contributed by atoms with E-state index in [9.17, 15) is 13.2 Å². The first-order valence-corrected chi connectivity index (χ1v) is 8.93. The maximum atomic E-state index is 12.3. The van der Waals surface area contributed by atoms with Crippen molar-refractivity contribution in [2.45, 2.75) is 16.7 Å². The molecule has 2 rings (SSSR count). The quantitative estimate of drug-likeness (QED) is 0.639. The fourth-order valence-electron chi connectivity index (χ4n) is 1.64. The van der Waals surface area contributed by atoms with E-state index in [-0.39, 0.29) is 4.90 Å². The van der Waals surface area contributed by atoms with Crippen LogP contribution in [-0.2, 0) is 13.6 Å². The van der Waals surface area contributed by atoms with Gasteiger partial charge < -0.3 is 4.74 Å². The molecule has 0 aliphatic heterocycles. The molecule has 0 saturated heterocycles. The number of rotatable bonds is 4. The highest BCUT2D eigenvalue weighted by Gasteiger charge is 2.17. The van der Waals surface area contributed by atoms with Crippen LogP contribution in [0.25, 0.3) is 0 Å². The monoisotopic (exact) mass is 322 g/mol. The van der Waals surface area contributed by atoms with Crippen molar-refractivity contribution in [3.8, 4) is 0 Å². The Hall–Kier alpha value is -1.79. The summed E-state index contributed by atoms with van der Waals surface area (Å²) >= 11 is 0. The normalized spacial score (nSPS) is 11.1. The summed E-state index contributed by atoms with van der Waals surface area (Å²) in [4.78, 5) is 12.1. The lowest BCUT2D eigenvalue weighted by Gasteiger charge is -2.05. The van der Waals surface area contributed by atoms with Gasteiger partial charge in [0.15, 0.2) is 0 Å². The standard InChI is InChI=1S/C15H14O4S2/c1-11-3-7-13(8-4-11)20-21(17,18)14-9-5-12(6-10-14)15(16)19-2/h3-10H,1-2H3. The third-order valence-corrected chi connectivity index (χ3v) is 6.14. The van der Waals surface area contributed by atoms with Crippen LogP contribution in [0.1, 0.15) is 15.9 Å². The van der Waals surface area contributed by atoms with Crippen LogP contribution < -0.4 is 0 Å². The summed E-state index contributed by atoms with van der Waals surface area (Å²) in [6.45, 7) is 1.94. The van der Waals surface area contributed by atoms with Gasteiger partial charge in [-0.1, -0.05) is 17.7 Å². The van der Waals surface area contributed by atoms with E-state index in [2.05, 4.69) is 4.74 Å². The Bertz CT molecular complexity index is 732. The number of benzene rings is 2. The molecule has 0 aliphatic carbocycles. The third-order valence-electron chi connectivity index (χ3n) is 2.79. The van der Waals surface area contributed by atoms with Crippen LogP contribution in [-0.4, -0.2) is 21.5 Å². The first kappa shape index (κ1) is 15.6. The molecule has 0 bridgehead atoms. The maximum Gasteiger partial charge on any atom is 0.337 e. The largest absolute Gasteiger partial charge is 0.465 e. The molecule has 0 aromatic heterocycles. The highest BCUT2D eigenvalue weighted by molar-refractivity contribution is 8.72. The molecule has 0 saturated carbocycles. The number of carbonyl (C=O) groups is 1. The smallest absolute Gasteiger partial charge is 0.337 e. The molecule has 0 N–H and O–H groups in total. The molecule has 2 aromatic carbocycles. The van der Waals surface area contributed by atoms with Crippen molar-refractivity contribution in [1.29, 1.82) is 0 Å². The Morgan fingerprint density at radius 1 is 1.00 bits per heavy atom. The first-order chi connectivity index (χ1) is 9.92. The molecule has 2 aromatic rings. The van der Waals surface area contributed by atoms with E-state index in [1.54, 1.807) is 12.1 Å². The highest BCUT2D eigenvalue weighted by atomic mass is 33.1. The fourth-order valence-corrected chi connectivity index (χ4v) is 4.43. The predicted octanol–water partition coefficient (Wildman–Crippen LogP) is 3.26. The fraction of sp³-hybridized carbons (Fsp3) is 0.133. The second-order valence-electron chi connectivity index (χ2n) is 4.37. The molecule has 21 heavy (non-hydrogen) atoms. The highest BCUT2D eigenvalue weighted by Crippen LogP contribution is 2.31. The van der Waals surface area contributed by atoms with Gasteiger partial charge in [0.1, 0.15) is 0 Å². The summed E-state index contributed by atoms with van der Waals surface area (Å²) < 4.78 is 29.1. The van der Waals surface area contributed by atoms with Gasteiger partial charge in [0, 0.05) is 15.7 Å². The second kappa shape index (κ2) is 6.32. The van der Waals surface area contributed by atoms with Gasteiger partial charge in [-0.15, -0.1) is 0 Å². The minimum Gasteiger partial charge on any atom is -0.465 e. The average molecular weight is 322 g/mol. The van der Waals surface area contributed by atoms with Gasteiger partial charge in [-0.05, 0) is 43.3 Å². The van der Waals surface area contributed by atoms with E-state index in [0.29, 0.717) is 10.5 Å². The zero-order chi connectivity index (χ0) is 15.5. The van der Waals surface area contributed by atoms with E-state index in [1.165, 1.54) is 31.4 Å². The molecular formula is C15H14O4S2. The first-order valence-electron chi connectivity index (χ1n) is 6.12. The van der Waals surface area contributed by atoms with Crippen LogP contribution in [0, 0.1) is 6.92 Å². The third kappa shape index (κ3) is 3.86. The SMILES string of the molecule is COC(=O)c1ccc(S(=O)(=O)Sc2ccc(C)cc2)cc1. The predicted molar refractivity (Wildman–Crippen MR) is 82.0 cm³/mol. The van der Waals surface area contributed by atoms with E-state index >= 15 is 0 Å². The lowest BCUT2D eigenvalue weighted by molar-refractivity contribution is 0.0600. The number of aryl methyl sites for hydroxylation is 1. The molecule has 0 fully saturated rings. The number of hydrogen-bond donors (Lipinski definition) is 0. The lowest BCUT2D eigenvalue weighted by Crippen LogP contribution is -2.02. The van der Waals surface area contributed by atoms with Crippen LogP contribution in [0.2, 0.25) is 0 Å². The molecule has 0 aliphatic rings. The van der Waals surface area contributed by atoms with Crippen molar-refractivity contribution in [2.75, 3.05) is 7.11 Å². The van der Waals surface area contributed by atoms with Gasteiger partial charge in [0.2, 0.25) is 8.87 Å². The molecule has 0 spiro atoms.